The summed E-state index contributed by atoms with van der Waals surface area (Å²) >= 11 is 0. The van der Waals surface area contributed by atoms with E-state index in [-0.39, 0.29) is 0 Å². The van der Waals surface area contributed by atoms with Crippen molar-refractivity contribution in [1.82, 2.24) is 0 Å². The van der Waals surface area contributed by atoms with Crippen LogP contribution in [0.25, 0.3) is 66.4 Å². The second-order valence-corrected chi connectivity index (χ2v) is 14.1. The van der Waals surface area contributed by atoms with Crippen LogP contribution in [-0.2, 0) is 5.41 Å². The van der Waals surface area contributed by atoms with E-state index in [1.165, 1.54) is 88.7 Å². The zero-order valence-corrected chi connectivity index (χ0v) is 29.3. The van der Waals surface area contributed by atoms with Gasteiger partial charge in [0, 0.05) is 0 Å². The van der Waals surface area contributed by atoms with E-state index in [0.29, 0.717) is 0 Å². The smallest absolute Gasteiger partial charge is 0.0622 e. The summed E-state index contributed by atoms with van der Waals surface area (Å²) in [4.78, 5) is 0. The van der Waals surface area contributed by atoms with Crippen molar-refractivity contribution in [3.8, 4) is 55.6 Å². The summed E-state index contributed by atoms with van der Waals surface area (Å²) in [7, 11) is 0. The van der Waals surface area contributed by atoms with Crippen LogP contribution in [0.1, 0.15) is 22.3 Å². The fraction of sp³-hybridized carbons (Fsp3) is 0.0189. The van der Waals surface area contributed by atoms with E-state index in [4.69, 9.17) is 0 Å². The molecule has 0 saturated carbocycles. The van der Waals surface area contributed by atoms with E-state index in [1.54, 1.807) is 0 Å². The number of hydrogen-bond acceptors (Lipinski definition) is 0. The normalized spacial score (nSPS) is 12.7. The van der Waals surface area contributed by atoms with Crippen molar-refractivity contribution in [3.63, 3.8) is 0 Å². The van der Waals surface area contributed by atoms with Gasteiger partial charge < -0.3 is 0 Å². The first-order chi connectivity index (χ1) is 26.3. The third-order valence-corrected chi connectivity index (χ3v) is 11.2. The zero-order valence-electron chi connectivity index (χ0n) is 29.3. The average molecular weight is 673 g/mol. The quantitative estimate of drug-likeness (QED) is 0.165. The first kappa shape index (κ1) is 31.0. The number of hydrogen-bond donors (Lipinski definition) is 0. The van der Waals surface area contributed by atoms with Gasteiger partial charge in [-0.2, -0.15) is 0 Å². The van der Waals surface area contributed by atoms with Crippen molar-refractivity contribution in [2.45, 2.75) is 5.41 Å². The van der Waals surface area contributed by atoms with E-state index in [9.17, 15) is 0 Å². The van der Waals surface area contributed by atoms with Crippen molar-refractivity contribution in [3.05, 3.63) is 241 Å². The highest BCUT2D eigenvalue weighted by molar-refractivity contribution is 5.96. The molecule has 9 aromatic carbocycles. The number of fused-ring (bicyclic) bond motifs is 4. The van der Waals surface area contributed by atoms with Gasteiger partial charge in [0.15, 0.2) is 0 Å². The Bertz CT molecular complexity index is 2590. The first-order valence-corrected chi connectivity index (χ1v) is 18.4. The van der Waals surface area contributed by atoms with Crippen LogP contribution in [-0.4, -0.2) is 0 Å². The van der Waals surface area contributed by atoms with Crippen LogP contribution in [0.15, 0.2) is 218 Å². The summed E-state index contributed by atoms with van der Waals surface area (Å²) in [5, 5.41) is 2.52. The lowest BCUT2D eigenvalue weighted by Crippen LogP contribution is -2.29. The zero-order chi connectivity index (χ0) is 35.2. The molecule has 0 aromatic heterocycles. The van der Waals surface area contributed by atoms with Gasteiger partial charge in [-0.15, -0.1) is 0 Å². The highest BCUT2D eigenvalue weighted by atomic mass is 14.5. The van der Waals surface area contributed by atoms with E-state index < -0.39 is 5.41 Å². The molecule has 0 spiro atoms. The third kappa shape index (κ3) is 5.14. The summed E-state index contributed by atoms with van der Waals surface area (Å²) in [5.41, 5.74) is 17.0. The van der Waals surface area contributed by atoms with Crippen LogP contribution in [0.5, 0.6) is 0 Å². The van der Waals surface area contributed by atoms with Gasteiger partial charge in [-0.05, 0) is 101 Å². The maximum Gasteiger partial charge on any atom is 0.0719 e. The van der Waals surface area contributed by atoms with E-state index >= 15 is 0 Å². The van der Waals surface area contributed by atoms with Gasteiger partial charge >= 0.3 is 0 Å². The molecule has 1 aliphatic rings. The highest BCUT2D eigenvalue weighted by Crippen LogP contribution is 2.58. The van der Waals surface area contributed by atoms with Crippen LogP contribution in [0.2, 0.25) is 0 Å². The predicted molar refractivity (Wildman–Crippen MR) is 223 cm³/mol. The molecule has 0 radical (unpaired) electrons. The monoisotopic (exact) mass is 672 g/mol. The molecule has 1 aliphatic carbocycles. The van der Waals surface area contributed by atoms with Gasteiger partial charge in [0.25, 0.3) is 0 Å². The molecule has 0 amide bonds. The molecule has 0 heterocycles. The first-order valence-electron chi connectivity index (χ1n) is 18.4. The van der Waals surface area contributed by atoms with Crippen LogP contribution >= 0.6 is 0 Å². The SMILES string of the molecule is c1ccc(-c2ccc(-c3ccc4c(c3)C(c3ccccc3)(c3cccc5ccccc35)c3cc(-c5ccc(-c6ccccc6)cc5)ccc3-4)cc2)cc1. The lowest BCUT2D eigenvalue weighted by atomic mass is 9.66. The highest BCUT2D eigenvalue weighted by Gasteiger charge is 2.47. The standard InChI is InChI=1S/C53H36/c1-4-13-37(14-5-1)39-23-27-41(28-24-39)44-31-33-48-49-34-32-45(42-29-25-40(26-30-42)38-15-6-2-7-16-38)36-52(49)53(51(48)35-44,46-19-8-3-9-20-46)50-22-12-18-43-17-10-11-21-47(43)50/h1-36H. The molecule has 0 bridgehead atoms. The van der Waals surface area contributed by atoms with E-state index in [1.807, 2.05) is 0 Å². The van der Waals surface area contributed by atoms with Crippen molar-refractivity contribution < 1.29 is 0 Å². The molecule has 0 saturated heterocycles. The Kier molecular flexibility index (Phi) is 7.48. The molecular formula is C53H36. The third-order valence-electron chi connectivity index (χ3n) is 11.2. The molecular weight excluding hydrogens is 637 g/mol. The second-order valence-electron chi connectivity index (χ2n) is 14.1. The maximum atomic E-state index is 2.47. The molecule has 0 heteroatoms. The molecule has 10 rings (SSSR count). The van der Waals surface area contributed by atoms with Crippen LogP contribution in [0, 0.1) is 0 Å². The Morgan fingerprint density at radius 3 is 1.13 bits per heavy atom. The topological polar surface area (TPSA) is 0 Å². The summed E-state index contributed by atoms with van der Waals surface area (Å²) < 4.78 is 0. The minimum absolute atomic E-state index is 0.549. The molecule has 0 atom stereocenters. The molecule has 0 aliphatic heterocycles. The Labute approximate surface area is 311 Å². The van der Waals surface area contributed by atoms with E-state index in [2.05, 4.69) is 218 Å². The Hall–Kier alpha value is -6.76. The molecule has 9 aromatic rings. The van der Waals surface area contributed by atoms with Gasteiger partial charge in [0.1, 0.15) is 0 Å². The van der Waals surface area contributed by atoms with Crippen molar-refractivity contribution in [1.29, 1.82) is 0 Å². The van der Waals surface area contributed by atoms with Crippen molar-refractivity contribution >= 4 is 10.8 Å². The number of rotatable bonds is 6. The molecule has 0 unspecified atom stereocenters. The molecule has 53 heavy (non-hydrogen) atoms. The van der Waals surface area contributed by atoms with Crippen molar-refractivity contribution in [2.75, 3.05) is 0 Å². The van der Waals surface area contributed by atoms with Gasteiger partial charge in [0.2, 0.25) is 0 Å². The molecule has 0 nitrogen and oxygen atoms in total. The fourth-order valence-electron chi connectivity index (χ4n) is 8.65. The van der Waals surface area contributed by atoms with Gasteiger partial charge in [-0.1, -0.05) is 206 Å². The van der Waals surface area contributed by atoms with Gasteiger partial charge in [-0.3, -0.25) is 0 Å². The Balaban J connectivity index is 1.20. The maximum absolute atomic E-state index is 2.47. The number of benzene rings is 9. The van der Waals surface area contributed by atoms with Crippen LogP contribution in [0.3, 0.4) is 0 Å². The van der Waals surface area contributed by atoms with Crippen molar-refractivity contribution in [2.24, 2.45) is 0 Å². The summed E-state index contributed by atoms with van der Waals surface area (Å²) in [6.45, 7) is 0. The summed E-state index contributed by atoms with van der Waals surface area (Å²) in [6, 6.07) is 80.4. The molecule has 0 fully saturated rings. The second kappa shape index (κ2) is 12.8. The largest absolute Gasteiger partial charge is 0.0719 e. The summed E-state index contributed by atoms with van der Waals surface area (Å²) in [6.07, 6.45) is 0. The molecule has 248 valence electrons. The van der Waals surface area contributed by atoms with Crippen LogP contribution in [0.4, 0.5) is 0 Å². The fourth-order valence-corrected chi connectivity index (χ4v) is 8.65. The van der Waals surface area contributed by atoms with Crippen LogP contribution < -0.4 is 0 Å². The van der Waals surface area contributed by atoms with E-state index in [0.717, 1.165) is 0 Å². The lowest BCUT2D eigenvalue weighted by molar-refractivity contribution is 0.777. The Morgan fingerprint density at radius 1 is 0.245 bits per heavy atom. The minimum Gasteiger partial charge on any atom is -0.0622 e. The summed E-state index contributed by atoms with van der Waals surface area (Å²) in [5.74, 6) is 0. The predicted octanol–water partition coefficient (Wildman–Crippen LogP) is 13.9. The van der Waals surface area contributed by atoms with Gasteiger partial charge in [-0.25, -0.2) is 0 Å². The minimum atomic E-state index is -0.549. The lowest BCUT2D eigenvalue weighted by Gasteiger charge is -2.35. The average Bonchev–Trinajstić information content (AvgIpc) is 3.54. The molecule has 0 N–H and O–H groups in total. The van der Waals surface area contributed by atoms with Gasteiger partial charge in [0.05, 0.1) is 5.41 Å². The Morgan fingerprint density at radius 2 is 0.623 bits per heavy atom.